The number of carbonyl (C=O) groups is 1. The second kappa shape index (κ2) is 7.88. The highest BCUT2D eigenvalue weighted by Crippen LogP contribution is 2.32. The zero-order valence-electron chi connectivity index (χ0n) is 11.6. The van der Waals surface area contributed by atoms with Gasteiger partial charge in [-0.2, -0.15) is 0 Å². The molecule has 0 saturated carbocycles. The molecule has 0 saturated heterocycles. The quantitative estimate of drug-likeness (QED) is 0.821. The third-order valence-electron chi connectivity index (χ3n) is 3.44. The largest absolute Gasteiger partial charge is 0.351 e. The van der Waals surface area contributed by atoms with E-state index in [1.54, 1.807) is 11.3 Å². The summed E-state index contributed by atoms with van der Waals surface area (Å²) in [6, 6.07) is 2.10. The van der Waals surface area contributed by atoms with Crippen molar-refractivity contribution in [2.75, 3.05) is 20.1 Å². The minimum Gasteiger partial charge on any atom is -0.351 e. The van der Waals surface area contributed by atoms with Crippen LogP contribution in [0.25, 0.3) is 0 Å². The minimum atomic E-state index is 0. The van der Waals surface area contributed by atoms with Gasteiger partial charge in [-0.05, 0) is 56.8 Å². The molecular formula is C14H23ClN2OS. The first-order valence-corrected chi connectivity index (χ1v) is 7.56. The number of aryl methyl sites for hydroxylation is 1. The van der Waals surface area contributed by atoms with E-state index >= 15 is 0 Å². The van der Waals surface area contributed by atoms with Gasteiger partial charge in [-0.3, -0.25) is 4.79 Å². The lowest BCUT2D eigenvalue weighted by atomic mass is 9.90. The molecule has 0 fully saturated rings. The van der Waals surface area contributed by atoms with Gasteiger partial charge in [0.15, 0.2) is 0 Å². The smallest absolute Gasteiger partial charge is 0.261 e. The maximum absolute atomic E-state index is 12.0. The number of hydrogen-bond donors (Lipinski definition) is 2. The number of thiophene rings is 1. The standard InChI is InChI=1S/C14H22N2OS.ClH/c1-10-4-5-12-11(8-10)9-13(18-12)14(17)16-7-3-6-15-2;/h9-10,15H,3-8H2,1-2H3,(H,16,17);1H. The molecular weight excluding hydrogens is 280 g/mol. The van der Waals surface area contributed by atoms with Crippen LogP contribution in [0.3, 0.4) is 0 Å². The lowest BCUT2D eigenvalue weighted by Crippen LogP contribution is -2.25. The molecule has 0 aliphatic heterocycles. The summed E-state index contributed by atoms with van der Waals surface area (Å²) in [7, 11) is 1.93. The van der Waals surface area contributed by atoms with Gasteiger partial charge in [0.05, 0.1) is 4.88 Å². The Morgan fingerprint density at radius 2 is 2.26 bits per heavy atom. The lowest BCUT2D eigenvalue weighted by Gasteiger charge is -2.16. The molecule has 1 atom stereocenters. The molecule has 0 spiro atoms. The molecule has 1 aliphatic carbocycles. The van der Waals surface area contributed by atoms with Gasteiger partial charge < -0.3 is 10.6 Å². The predicted octanol–water partition coefficient (Wildman–Crippen LogP) is 2.63. The second-order valence-corrected chi connectivity index (χ2v) is 6.26. The fourth-order valence-corrected chi connectivity index (χ4v) is 3.50. The van der Waals surface area contributed by atoms with Crippen molar-refractivity contribution in [3.05, 3.63) is 21.4 Å². The van der Waals surface area contributed by atoms with E-state index in [9.17, 15) is 4.79 Å². The van der Waals surface area contributed by atoms with E-state index < -0.39 is 0 Å². The van der Waals surface area contributed by atoms with E-state index in [1.807, 2.05) is 7.05 Å². The third kappa shape index (κ3) is 4.48. The molecule has 2 N–H and O–H groups in total. The zero-order valence-corrected chi connectivity index (χ0v) is 13.3. The first-order valence-electron chi connectivity index (χ1n) is 6.75. The second-order valence-electron chi connectivity index (χ2n) is 5.12. The molecule has 0 aromatic carbocycles. The molecule has 3 nitrogen and oxygen atoms in total. The van der Waals surface area contributed by atoms with Gasteiger partial charge in [0.1, 0.15) is 0 Å². The number of fused-ring (bicyclic) bond motifs is 1. The summed E-state index contributed by atoms with van der Waals surface area (Å²) >= 11 is 1.68. The highest BCUT2D eigenvalue weighted by atomic mass is 35.5. The van der Waals surface area contributed by atoms with Crippen LogP contribution in [-0.4, -0.2) is 26.0 Å². The van der Waals surface area contributed by atoms with Crippen molar-refractivity contribution >= 4 is 29.7 Å². The Bertz CT molecular complexity index is 420. The first-order chi connectivity index (χ1) is 8.70. The normalized spacial score (nSPS) is 17.5. The fraction of sp³-hybridized carbons (Fsp3) is 0.643. The van der Waals surface area contributed by atoms with Crippen LogP contribution in [0.1, 0.15) is 39.9 Å². The van der Waals surface area contributed by atoms with Crippen molar-refractivity contribution in [1.29, 1.82) is 0 Å². The van der Waals surface area contributed by atoms with E-state index in [1.165, 1.54) is 16.9 Å². The highest BCUT2D eigenvalue weighted by molar-refractivity contribution is 7.14. The molecule has 0 radical (unpaired) electrons. The number of carbonyl (C=O) groups excluding carboxylic acids is 1. The first kappa shape index (κ1) is 16.5. The van der Waals surface area contributed by atoms with Crippen LogP contribution in [0.15, 0.2) is 6.07 Å². The van der Waals surface area contributed by atoms with Crippen molar-refractivity contribution in [1.82, 2.24) is 10.6 Å². The van der Waals surface area contributed by atoms with Crippen molar-refractivity contribution in [3.63, 3.8) is 0 Å². The average molecular weight is 303 g/mol. The Balaban J connectivity index is 0.00000180. The van der Waals surface area contributed by atoms with Crippen LogP contribution in [-0.2, 0) is 12.8 Å². The molecule has 2 rings (SSSR count). The van der Waals surface area contributed by atoms with Gasteiger partial charge >= 0.3 is 0 Å². The minimum absolute atomic E-state index is 0. The van der Waals surface area contributed by atoms with Crippen LogP contribution in [0.4, 0.5) is 0 Å². The van der Waals surface area contributed by atoms with E-state index in [2.05, 4.69) is 23.6 Å². The molecule has 1 aromatic heterocycles. The number of halogens is 1. The molecule has 1 unspecified atom stereocenters. The monoisotopic (exact) mass is 302 g/mol. The number of amides is 1. The van der Waals surface area contributed by atoms with E-state index in [0.29, 0.717) is 0 Å². The highest BCUT2D eigenvalue weighted by Gasteiger charge is 2.20. The number of hydrogen-bond acceptors (Lipinski definition) is 3. The van der Waals surface area contributed by atoms with Crippen LogP contribution in [0, 0.1) is 5.92 Å². The van der Waals surface area contributed by atoms with Gasteiger partial charge in [-0.25, -0.2) is 0 Å². The summed E-state index contributed by atoms with van der Waals surface area (Å²) in [6.07, 6.45) is 4.52. The molecule has 1 heterocycles. The molecule has 19 heavy (non-hydrogen) atoms. The van der Waals surface area contributed by atoms with E-state index in [0.717, 1.165) is 43.1 Å². The number of nitrogens with one attached hydrogen (secondary N) is 2. The summed E-state index contributed by atoms with van der Waals surface area (Å²) in [4.78, 5) is 14.3. The summed E-state index contributed by atoms with van der Waals surface area (Å²) in [5, 5.41) is 6.06. The Hall–Kier alpha value is -0.580. The maximum Gasteiger partial charge on any atom is 0.261 e. The van der Waals surface area contributed by atoms with Gasteiger partial charge in [-0.15, -0.1) is 23.7 Å². The van der Waals surface area contributed by atoms with Gasteiger partial charge in [-0.1, -0.05) is 6.92 Å². The Morgan fingerprint density at radius 3 is 3.00 bits per heavy atom. The third-order valence-corrected chi connectivity index (χ3v) is 4.68. The number of rotatable bonds is 5. The van der Waals surface area contributed by atoms with Gasteiger partial charge in [0, 0.05) is 11.4 Å². The topological polar surface area (TPSA) is 41.1 Å². The zero-order chi connectivity index (χ0) is 13.0. The van der Waals surface area contributed by atoms with Crippen molar-refractivity contribution in [2.24, 2.45) is 5.92 Å². The summed E-state index contributed by atoms with van der Waals surface area (Å²) < 4.78 is 0. The molecule has 108 valence electrons. The van der Waals surface area contributed by atoms with E-state index in [-0.39, 0.29) is 18.3 Å². The molecule has 1 aliphatic rings. The molecule has 0 bridgehead atoms. The fourth-order valence-electron chi connectivity index (χ4n) is 2.37. The Kier molecular flexibility index (Phi) is 6.83. The lowest BCUT2D eigenvalue weighted by molar-refractivity contribution is 0.0957. The van der Waals surface area contributed by atoms with Gasteiger partial charge in [0.25, 0.3) is 5.91 Å². The molecule has 1 amide bonds. The SMILES string of the molecule is CNCCCNC(=O)c1cc2c(s1)CCC(C)C2.Cl. The van der Waals surface area contributed by atoms with E-state index in [4.69, 9.17) is 0 Å². The summed E-state index contributed by atoms with van der Waals surface area (Å²) in [5.41, 5.74) is 1.40. The molecule has 1 aromatic rings. The van der Waals surface area contributed by atoms with Crippen LogP contribution in [0.5, 0.6) is 0 Å². The Labute approximate surface area is 125 Å². The summed E-state index contributed by atoms with van der Waals surface area (Å²) in [6.45, 7) is 3.98. The van der Waals surface area contributed by atoms with Crippen LogP contribution < -0.4 is 10.6 Å². The molecule has 5 heteroatoms. The van der Waals surface area contributed by atoms with Crippen molar-refractivity contribution in [3.8, 4) is 0 Å². The van der Waals surface area contributed by atoms with Crippen LogP contribution in [0.2, 0.25) is 0 Å². The van der Waals surface area contributed by atoms with Crippen LogP contribution >= 0.6 is 23.7 Å². The maximum atomic E-state index is 12.0. The van der Waals surface area contributed by atoms with Crippen molar-refractivity contribution in [2.45, 2.75) is 32.6 Å². The summed E-state index contributed by atoms with van der Waals surface area (Å²) in [5.74, 6) is 0.858. The van der Waals surface area contributed by atoms with Gasteiger partial charge in [0.2, 0.25) is 0 Å². The average Bonchev–Trinajstić information content (AvgIpc) is 2.77. The Morgan fingerprint density at radius 1 is 1.47 bits per heavy atom. The predicted molar refractivity (Wildman–Crippen MR) is 83.6 cm³/mol. The van der Waals surface area contributed by atoms with Crippen molar-refractivity contribution < 1.29 is 4.79 Å².